The van der Waals surface area contributed by atoms with Crippen molar-refractivity contribution in [3.05, 3.63) is 47.5 Å². The van der Waals surface area contributed by atoms with Gasteiger partial charge < -0.3 is 14.4 Å². The largest absolute Gasteiger partial charge is 0.490 e. The van der Waals surface area contributed by atoms with Gasteiger partial charge in [-0.15, -0.1) is 0 Å². The van der Waals surface area contributed by atoms with Gasteiger partial charge in [0, 0.05) is 57.3 Å². The second kappa shape index (κ2) is 6.35. The number of piperidine rings is 1. The number of nitrogens with zero attached hydrogens (tertiary/aromatic N) is 3. The van der Waals surface area contributed by atoms with Gasteiger partial charge in [-0.25, -0.2) is 4.98 Å². The minimum atomic E-state index is -0.784. The van der Waals surface area contributed by atoms with E-state index in [2.05, 4.69) is 35.0 Å². The smallest absolute Gasteiger partial charge is 0.141 e. The SMILES string of the molecule is CC1Cc2cc(CN3CC4CCCC(C3)C4(O)c3nccn3C)ccc2O1. The third-order valence-corrected chi connectivity index (χ3v) is 6.85. The lowest BCUT2D eigenvalue weighted by Crippen LogP contribution is -2.58. The molecule has 1 N–H and O–H groups in total. The molecule has 1 aliphatic carbocycles. The highest BCUT2D eigenvalue weighted by Gasteiger charge is 2.53. The molecular formula is C22H29N3O2. The quantitative estimate of drug-likeness (QED) is 0.906. The molecule has 1 saturated heterocycles. The summed E-state index contributed by atoms with van der Waals surface area (Å²) in [7, 11) is 2.00. The maximum atomic E-state index is 11.7. The van der Waals surface area contributed by atoms with Gasteiger partial charge in [0.25, 0.3) is 0 Å². The summed E-state index contributed by atoms with van der Waals surface area (Å²) < 4.78 is 7.84. The highest BCUT2D eigenvalue weighted by molar-refractivity contribution is 5.40. The molecular weight excluding hydrogens is 338 g/mol. The van der Waals surface area contributed by atoms with E-state index >= 15 is 0 Å². The molecule has 3 atom stereocenters. The summed E-state index contributed by atoms with van der Waals surface area (Å²) in [6.07, 6.45) is 8.42. The molecule has 1 saturated carbocycles. The van der Waals surface area contributed by atoms with E-state index in [-0.39, 0.29) is 17.9 Å². The molecule has 3 unspecified atom stereocenters. The minimum Gasteiger partial charge on any atom is -0.490 e. The molecule has 5 rings (SSSR count). The van der Waals surface area contributed by atoms with Crippen molar-refractivity contribution in [3.63, 3.8) is 0 Å². The fourth-order valence-corrected chi connectivity index (χ4v) is 5.62. The van der Waals surface area contributed by atoms with Gasteiger partial charge in [-0.1, -0.05) is 18.6 Å². The van der Waals surface area contributed by atoms with Crippen molar-refractivity contribution in [2.24, 2.45) is 18.9 Å². The van der Waals surface area contributed by atoms with Crippen molar-refractivity contribution in [2.75, 3.05) is 13.1 Å². The average Bonchev–Trinajstić information content (AvgIpc) is 3.20. The number of fused-ring (bicyclic) bond motifs is 3. The number of ether oxygens (including phenoxy) is 1. The van der Waals surface area contributed by atoms with Gasteiger partial charge in [-0.2, -0.15) is 0 Å². The summed E-state index contributed by atoms with van der Waals surface area (Å²) in [4.78, 5) is 7.06. The lowest BCUT2D eigenvalue weighted by molar-refractivity contribution is -0.155. The summed E-state index contributed by atoms with van der Waals surface area (Å²) in [5, 5.41) is 11.7. The highest BCUT2D eigenvalue weighted by atomic mass is 16.5. The number of aryl methyl sites for hydroxylation is 1. The van der Waals surface area contributed by atoms with Crippen LogP contribution in [0.15, 0.2) is 30.6 Å². The van der Waals surface area contributed by atoms with Crippen LogP contribution in [0, 0.1) is 11.8 Å². The van der Waals surface area contributed by atoms with Gasteiger partial charge in [0.1, 0.15) is 23.3 Å². The molecule has 2 fully saturated rings. The number of hydrogen-bond acceptors (Lipinski definition) is 4. The Labute approximate surface area is 161 Å². The summed E-state index contributed by atoms with van der Waals surface area (Å²) >= 11 is 0. The monoisotopic (exact) mass is 367 g/mol. The minimum absolute atomic E-state index is 0.254. The Bertz CT molecular complexity index is 832. The maximum absolute atomic E-state index is 11.7. The molecule has 0 radical (unpaired) electrons. The number of imidazole rings is 1. The Hall–Kier alpha value is -1.85. The zero-order valence-corrected chi connectivity index (χ0v) is 16.3. The topological polar surface area (TPSA) is 50.5 Å². The van der Waals surface area contributed by atoms with Crippen molar-refractivity contribution < 1.29 is 9.84 Å². The van der Waals surface area contributed by atoms with Crippen LogP contribution in [-0.4, -0.2) is 38.8 Å². The molecule has 5 heteroatoms. The summed E-state index contributed by atoms with van der Waals surface area (Å²) in [5.41, 5.74) is 1.91. The lowest BCUT2D eigenvalue weighted by atomic mass is 9.65. The van der Waals surface area contributed by atoms with E-state index in [0.29, 0.717) is 0 Å². The van der Waals surface area contributed by atoms with Gasteiger partial charge in [-0.3, -0.25) is 4.90 Å². The van der Waals surface area contributed by atoms with Crippen molar-refractivity contribution in [2.45, 2.75) is 50.9 Å². The van der Waals surface area contributed by atoms with Gasteiger partial charge in [0.15, 0.2) is 0 Å². The Kier molecular flexibility index (Phi) is 4.06. The van der Waals surface area contributed by atoms with Crippen molar-refractivity contribution >= 4 is 0 Å². The van der Waals surface area contributed by atoms with E-state index in [0.717, 1.165) is 50.5 Å². The van der Waals surface area contributed by atoms with E-state index in [4.69, 9.17) is 4.74 Å². The van der Waals surface area contributed by atoms with E-state index in [9.17, 15) is 5.11 Å². The van der Waals surface area contributed by atoms with E-state index < -0.39 is 5.60 Å². The zero-order valence-electron chi connectivity index (χ0n) is 16.3. The molecule has 27 heavy (non-hydrogen) atoms. The van der Waals surface area contributed by atoms with Crippen molar-refractivity contribution in [1.82, 2.24) is 14.5 Å². The predicted molar refractivity (Wildman–Crippen MR) is 103 cm³/mol. The molecule has 5 nitrogen and oxygen atoms in total. The first-order valence-corrected chi connectivity index (χ1v) is 10.2. The third kappa shape index (κ3) is 2.79. The normalized spacial score (nSPS) is 32.9. The molecule has 1 aromatic carbocycles. The van der Waals surface area contributed by atoms with Gasteiger partial charge in [0.2, 0.25) is 0 Å². The molecule has 2 aromatic rings. The fraction of sp³-hybridized carbons (Fsp3) is 0.591. The van der Waals surface area contributed by atoms with Crippen LogP contribution >= 0.6 is 0 Å². The van der Waals surface area contributed by atoms with Crippen LogP contribution in [-0.2, 0) is 25.6 Å². The van der Waals surface area contributed by atoms with Crippen molar-refractivity contribution in [3.8, 4) is 5.75 Å². The van der Waals surface area contributed by atoms with Gasteiger partial charge in [-0.05, 0) is 37.0 Å². The number of aromatic nitrogens is 2. The average molecular weight is 367 g/mol. The van der Waals surface area contributed by atoms with Crippen LogP contribution in [0.1, 0.15) is 43.1 Å². The summed E-state index contributed by atoms with van der Waals surface area (Å²) in [6, 6.07) is 6.64. The standard InChI is InChI=1S/C22H29N3O2/c1-15-10-17-11-16(6-7-20(17)27-15)12-25-13-18-4-3-5-19(14-25)22(18,26)21-23-8-9-24(21)2/h6-9,11,15,18-19,26H,3-5,10,12-14H2,1-2H3. The molecule has 2 aliphatic heterocycles. The molecule has 0 spiro atoms. The molecule has 3 aliphatic rings. The van der Waals surface area contributed by atoms with Crippen LogP contribution < -0.4 is 4.74 Å². The molecule has 2 bridgehead atoms. The first-order valence-electron chi connectivity index (χ1n) is 10.2. The molecule has 144 valence electrons. The van der Waals surface area contributed by atoms with Gasteiger partial charge in [0.05, 0.1) is 0 Å². The van der Waals surface area contributed by atoms with Crippen LogP contribution in [0.5, 0.6) is 5.75 Å². The first-order chi connectivity index (χ1) is 13.0. The van der Waals surface area contributed by atoms with Gasteiger partial charge >= 0.3 is 0 Å². The lowest BCUT2D eigenvalue weighted by Gasteiger charge is -2.52. The number of rotatable bonds is 3. The third-order valence-electron chi connectivity index (χ3n) is 6.85. The number of likely N-dealkylation sites (tertiary alicyclic amines) is 1. The number of hydrogen-bond donors (Lipinski definition) is 1. The Morgan fingerprint density at radius 1 is 1.26 bits per heavy atom. The number of aliphatic hydroxyl groups is 1. The molecule has 3 heterocycles. The van der Waals surface area contributed by atoms with Crippen LogP contribution in [0.2, 0.25) is 0 Å². The number of benzene rings is 1. The molecule has 1 aromatic heterocycles. The zero-order chi connectivity index (χ0) is 18.6. The van der Waals surface area contributed by atoms with Crippen molar-refractivity contribution in [1.29, 1.82) is 0 Å². The summed E-state index contributed by atoms with van der Waals surface area (Å²) in [5.74, 6) is 2.40. The first kappa shape index (κ1) is 17.3. The summed E-state index contributed by atoms with van der Waals surface area (Å²) in [6.45, 7) is 4.95. The van der Waals surface area contributed by atoms with E-state index in [1.165, 1.54) is 17.5 Å². The Morgan fingerprint density at radius 2 is 2.04 bits per heavy atom. The maximum Gasteiger partial charge on any atom is 0.141 e. The van der Waals surface area contributed by atoms with E-state index in [1.807, 2.05) is 24.0 Å². The van der Waals surface area contributed by atoms with E-state index in [1.54, 1.807) is 0 Å². The highest BCUT2D eigenvalue weighted by Crippen LogP contribution is 2.48. The predicted octanol–water partition coefficient (Wildman–Crippen LogP) is 2.86. The second-order valence-corrected chi connectivity index (χ2v) is 8.78. The van der Waals surface area contributed by atoms with Crippen LogP contribution in [0.25, 0.3) is 0 Å². The van der Waals surface area contributed by atoms with Crippen LogP contribution in [0.4, 0.5) is 0 Å². The molecule has 0 amide bonds. The van der Waals surface area contributed by atoms with Crippen LogP contribution in [0.3, 0.4) is 0 Å². The fourth-order valence-electron chi connectivity index (χ4n) is 5.62. The Balaban J connectivity index is 1.36. The second-order valence-electron chi connectivity index (χ2n) is 8.78. The Morgan fingerprint density at radius 3 is 2.74 bits per heavy atom.